The standard InChI is InChI=1S/C15H16FN5S/c1-2-14-18-15(22-19-14)21-7-5-20(6-8-21)13-4-3-12(16)9-11(13)10-17/h3-4,9H,2,5-8H2,1H3. The highest BCUT2D eigenvalue weighted by Crippen LogP contribution is 2.25. The summed E-state index contributed by atoms with van der Waals surface area (Å²) in [6, 6.07) is 6.45. The lowest BCUT2D eigenvalue weighted by Gasteiger charge is -2.36. The van der Waals surface area contributed by atoms with Gasteiger partial charge in [0.1, 0.15) is 17.7 Å². The third-order valence-electron chi connectivity index (χ3n) is 3.74. The molecule has 1 saturated heterocycles. The maximum absolute atomic E-state index is 13.2. The van der Waals surface area contributed by atoms with Gasteiger partial charge in [-0.15, -0.1) is 0 Å². The Morgan fingerprint density at radius 3 is 2.64 bits per heavy atom. The van der Waals surface area contributed by atoms with Crippen molar-refractivity contribution in [2.24, 2.45) is 0 Å². The van der Waals surface area contributed by atoms with Gasteiger partial charge in [0, 0.05) is 44.1 Å². The topological polar surface area (TPSA) is 56.1 Å². The van der Waals surface area contributed by atoms with E-state index in [1.54, 1.807) is 6.07 Å². The first kappa shape index (κ1) is 14.7. The molecule has 0 N–H and O–H groups in total. The molecule has 1 fully saturated rings. The second kappa shape index (κ2) is 6.28. The van der Waals surface area contributed by atoms with Gasteiger partial charge >= 0.3 is 0 Å². The number of nitrogens with zero attached hydrogens (tertiary/aromatic N) is 5. The summed E-state index contributed by atoms with van der Waals surface area (Å²) < 4.78 is 17.5. The Bertz CT molecular complexity index is 700. The lowest BCUT2D eigenvalue weighted by molar-refractivity contribution is 0.624. The molecule has 1 aliphatic rings. The summed E-state index contributed by atoms with van der Waals surface area (Å²) in [5, 5.41) is 10.1. The molecule has 0 saturated carbocycles. The Morgan fingerprint density at radius 1 is 1.27 bits per heavy atom. The number of nitriles is 1. The van der Waals surface area contributed by atoms with Crippen LogP contribution in [-0.4, -0.2) is 35.5 Å². The molecule has 0 atom stereocenters. The summed E-state index contributed by atoms with van der Waals surface area (Å²) in [5.74, 6) is 0.507. The number of halogens is 1. The van der Waals surface area contributed by atoms with Crippen molar-refractivity contribution in [2.75, 3.05) is 36.0 Å². The Morgan fingerprint density at radius 2 is 2.00 bits per heavy atom. The maximum atomic E-state index is 13.2. The molecule has 22 heavy (non-hydrogen) atoms. The summed E-state index contributed by atoms with van der Waals surface area (Å²) in [6.07, 6.45) is 0.845. The van der Waals surface area contributed by atoms with E-state index in [2.05, 4.69) is 25.2 Å². The minimum atomic E-state index is -0.375. The first-order valence-electron chi connectivity index (χ1n) is 7.23. The number of aromatic nitrogens is 2. The molecule has 0 radical (unpaired) electrons. The number of aryl methyl sites for hydroxylation is 1. The quantitative estimate of drug-likeness (QED) is 0.870. The number of piperazine rings is 1. The van der Waals surface area contributed by atoms with E-state index in [1.165, 1.54) is 23.7 Å². The SMILES string of the molecule is CCc1nsc(N2CCN(c3ccc(F)cc3C#N)CC2)n1. The van der Waals surface area contributed by atoms with Crippen molar-refractivity contribution in [3.05, 3.63) is 35.4 Å². The molecule has 0 spiro atoms. The summed E-state index contributed by atoms with van der Waals surface area (Å²) >= 11 is 1.43. The molecule has 3 rings (SSSR count). The van der Waals surface area contributed by atoms with Crippen molar-refractivity contribution in [3.63, 3.8) is 0 Å². The fraction of sp³-hybridized carbons (Fsp3) is 0.400. The van der Waals surface area contributed by atoms with Crippen molar-refractivity contribution in [1.82, 2.24) is 9.36 Å². The van der Waals surface area contributed by atoms with Crippen LogP contribution in [0.5, 0.6) is 0 Å². The molecule has 1 aromatic carbocycles. The van der Waals surface area contributed by atoms with Gasteiger partial charge in [-0.25, -0.2) is 9.37 Å². The third kappa shape index (κ3) is 2.88. The van der Waals surface area contributed by atoms with Crippen LogP contribution in [0.1, 0.15) is 18.3 Å². The highest BCUT2D eigenvalue weighted by molar-refractivity contribution is 7.09. The first-order chi connectivity index (χ1) is 10.7. The second-order valence-electron chi connectivity index (χ2n) is 5.09. The predicted molar refractivity (Wildman–Crippen MR) is 84.8 cm³/mol. The number of benzene rings is 1. The van der Waals surface area contributed by atoms with E-state index >= 15 is 0 Å². The van der Waals surface area contributed by atoms with Crippen LogP contribution in [0.25, 0.3) is 0 Å². The van der Waals surface area contributed by atoms with E-state index < -0.39 is 0 Å². The highest BCUT2D eigenvalue weighted by Gasteiger charge is 2.21. The van der Waals surface area contributed by atoms with Gasteiger partial charge in [-0.3, -0.25) is 0 Å². The molecule has 7 heteroatoms. The second-order valence-corrected chi connectivity index (χ2v) is 5.82. The van der Waals surface area contributed by atoms with Gasteiger partial charge in [0.2, 0.25) is 5.13 Å². The Labute approximate surface area is 132 Å². The normalized spacial score (nSPS) is 15.0. The van der Waals surface area contributed by atoms with Crippen LogP contribution in [0.2, 0.25) is 0 Å². The van der Waals surface area contributed by atoms with E-state index in [0.29, 0.717) is 5.56 Å². The number of anilines is 2. The Kier molecular flexibility index (Phi) is 4.20. The molecule has 1 aliphatic heterocycles. The van der Waals surface area contributed by atoms with E-state index in [1.807, 2.05) is 6.92 Å². The molecule has 2 aromatic rings. The third-order valence-corrected chi connectivity index (χ3v) is 4.56. The summed E-state index contributed by atoms with van der Waals surface area (Å²) in [6.45, 7) is 5.24. The van der Waals surface area contributed by atoms with Gasteiger partial charge in [-0.1, -0.05) is 6.92 Å². The van der Waals surface area contributed by atoms with Crippen LogP contribution in [0.15, 0.2) is 18.2 Å². The first-order valence-corrected chi connectivity index (χ1v) is 8.00. The average Bonchev–Trinajstić information content (AvgIpc) is 3.04. The van der Waals surface area contributed by atoms with Crippen molar-refractivity contribution < 1.29 is 4.39 Å². The Balaban J connectivity index is 1.70. The fourth-order valence-electron chi connectivity index (χ4n) is 2.53. The minimum Gasteiger partial charge on any atom is -0.367 e. The molecule has 0 unspecified atom stereocenters. The fourth-order valence-corrected chi connectivity index (χ4v) is 3.33. The van der Waals surface area contributed by atoms with Gasteiger partial charge in [0.15, 0.2) is 0 Å². The highest BCUT2D eigenvalue weighted by atomic mass is 32.1. The zero-order chi connectivity index (χ0) is 15.5. The van der Waals surface area contributed by atoms with Gasteiger partial charge < -0.3 is 9.80 Å². The number of hydrogen-bond donors (Lipinski definition) is 0. The molecule has 0 amide bonds. The summed E-state index contributed by atoms with van der Waals surface area (Å²) in [5.41, 5.74) is 1.19. The molecule has 0 bridgehead atoms. The zero-order valence-corrected chi connectivity index (χ0v) is 13.1. The van der Waals surface area contributed by atoms with Crippen molar-refractivity contribution in [1.29, 1.82) is 5.26 Å². The average molecular weight is 317 g/mol. The van der Waals surface area contributed by atoms with Crippen LogP contribution in [0.4, 0.5) is 15.2 Å². The largest absolute Gasteiger partial charge is 0.367 e. The molecular weight excluding hydrogens is 301 g/mol. The van der Waals surface area contributed by atoms with E-state index in [-0.39, 0.29) is 5.82 Å². The van der Waals surface area contributed by atoms with Crippen LogP contribution < -0.4 is 9.80 Å². The van der Waals surface area contributed by atoms with Crippen LogP contribution in [-0.2, 0) is 6.42 Å². The van der Waals surface area contributed by atoms with Crippen LogP contribution >= 0.6 is 11.5 Å². The van der Waals surface area contributed by atoms with Crippen LogP contribution in [0, 0.1) is 17.1 Å². The van der Waals surface area contributed by atoms with E-state index in [4.69, 9.17) is 5.26 Å². The van der Waals surface area contributed by atoms with Gasteiger partial charge in [0.05, 0.1) is 11.3 Å². The van der Waals surface area contributed by atoms with Gasteiger partial charge in [-0.05, 0) is 18.2 Å². The molecule has 5 nitrogen and oxygen atoms in total. The maximum Gasteiger partial charge on any atom is 0.205 e. The summed E-state index contributed by atoms with van der Waals surface area (Å²) in [4.78, 5) is 8.84. The summed E-state index contributed by atoms with van der Waals surface area (Å²) in [7, 11) is 0. The minimum absolute atomic E-state index is 0.375. The van der Waals surface area contributed by atoms with E-state index in [9.17, 15) is 4.39 Å². The molecular formula is C15H16FN5S. The lowest BCUT2D eigenvalue weighted by atomic mass is 10.1. The van der Waals surface area contributed by atoms with Crippen molar-refractivity contribution in [2.45, 2.75) is 13.3 Å². The number of rotatable bonds is 3. The number of hydrogen-bond acceptors (Lipinski definition) is 6. The predicted octanol–water partition coefficient (Wildman–Crippen LogP) is 2.44. The van der Waals surface area contributed by atoms with Crippen molar-refractivity contribution in [3.8, 4) is 6.07 Å². The van der Waals surface area contributed by atoms with Crippen LogP contribution in [0.3, 0.4) is 0 Å². The smallest absolute Gasteiger partial charge is 0.205 e. The molecule has 0 aliphatic carbocycles. The Hall–Kier alpha value is -2.20. The van der Waals surface area contributed by atoms with Gasteiger partial charge in [0.25, 0.3) is 0 Å². The van der Waals surface area contributed by atoms with Gasteiger partial charge in [-0.2, -0.15) is 9.64 Å². The molecule has 114 valence electrons. The lowest BCUT2D eigenvalue weighted by Crippen LogP contribution is -2.46. The molecule has 2 heterocycles. The van der Waals surface area contributed by atoms with Crippen molar-refractivity contribution >= 4 is 22.4 Å². The molecule has 1 aromatic heterocycles. The zero-order valence-electron chi connectivity index (χ0n) is 12.3. The monoisotopic (exact) mass is 317 g/mol. The van der Waals surface area contributed by atoms with E-state index in [0.717, 1.165) is 49.2 Å².